The Morgan fingerprint density at radius 3 is 2.74 bits per heavy atom. The van der Waals surface area contributed by atoms with Crippen molar-refractivity contribution in [3.05, 3.63) is 69.7 Å². The quantitative estimate of drug-likeness (QED) is 0.782. The summed E-state index contributed by atoms with van der Waals surface area (Å²) in [6, 6.07) is 14.4. The van der Waals surface area contributed by atoms with Gasteiger partial charge in [-0.25, -0.2) is 0 Å². The van der Waals surface area contributed by atoms with Crippen molar-refractivity contribution in [3.8, 4) is 0 Å². The second kappa shape index (κ2) is 8.90. The highest BCUT2D eigenvalue weighted by Crippen LogP contribution is 2.23. The Hall–Kier alpha value is -1.84. The van der Waals surface area contributed by atoms with Gasteiger partial charge in [0.1, 0.15) is 0 Å². The minimum absolute atomic E-state index is 0.0238. The number of amides is 1. The zero-order valence-corrected chi connectivity index (χ0v) is 17.2. The van der Waals surface area contributed by atoms with E-state index in [4.69, 9.17) is 11.6 Å². The predicted molar refractivity (Wildman–Crippen MR) is 112 cm³/mol. The van der Waals surface area contributed by atoms with Crippen LogP contribution >= 0.6 is 11.6 Å². The Morgan fingerprint density at radius 2 is 2.00 bits per heavy atom. The molecule has 0 saturated carbocycles. The first-order valence-corrected chi connectivity index (χ1v) is 10.1. The summed E-state index contributed by atoms with van der Waals surface area (Å²) < 4.78 is 0. The van der Waals surface area contributed by atoms with Crippen LogP contribution in [0.2, 0.25) is 5.02 Å². The fourth-order valence-corrected chi connectivity index (χ4v) is 3.92. The van der Waals surface area contributed by atoms with Crippen LogP contribution < -0.4 is 5.32 Å². The largest absolute Gasteiger partial charge is 0.349 e. The van der Waals surface area contributed by atoms with Gasteiger partial charge in [-0.05, 0) is 68.5 Å². The van der Waals surface area contributed by atoms with Crippen molar-refractivity contribution < 1.29 is 4.79 Å². The van der Waals surface area contributed by atoms with Gasteiger partial charge in [0.2, 0.25) is 5.91 Å². The molecule has 0 radical (unpaired) electrons. The number of piperidine rings is 1. The molecule has 1 amide bonds. The molecule has 27 heavy (non-hydrogen) atoms. The van der Waals surface area contributed by atoms with E-state index in [-0.39, 0.29) is 17.9 Å². The summed E-state index contributed by atoms with van der Waals surface area (Å²) in [5.74, 6) is 0.194. The van der Waals surface area contributed by atoms with Gasteiger partial charge in [0.05, 0.1) is 12.0 Å². The molecular weight excluding hydrogens is 356 g/mol. The molecule has 1 aliphatic heterocycles. The van der Waals surface area contributed by atoms with Crippen molar-refractivity contribution in [1.29, 1.82) is 0 Å². The molecule has 0 bridgehead atoms. The monoisotopic (exact) mass is 384 g/mol. The molecule has 1 heterocycles. The second-order valence-electron chi connectivity index (χ2n) is 7.74. The van der Waals surface area contributed by atoms with E-state index in [1.165, 1.54) is 11.1 Å². The minimum Gasteiger partial charge on any atom is -0.349 e. The van der Waals surface area contributed by atoms with Gasteiger partial charge in [0.25, 0.3) is 0 Å². The maximum absolute atomic E-state index is 12.8. The molecule has 3 nitrogen and oxygen atoms in total. The van der Waals surface area contributed by atoms with Crippen LogP contribution in [0.1, 0.15) is 48.1 Å². The molecule has 1 saturated heterocycles. The second-order valence-corrected chi connectivity index (χ2v) is 8.15. The van der Waals surface area contributed by atoms with Crippen LogP contribution in [0.4, 0.5) is 0 Å². The third-order valence-electron chi connectivity index (χ3n) is 5.62. The van der Waals surface area contributed by atoms with Gasteiger partial charge < -0.3 is 5.32 Å². The van der Waals surface area contributed by atoms with Crippen molar-refractivity contribution in [2.45, 2.75) is 46.2 Å². The molecule has 1 aliphatic rings. The number of benzene rings is 2. The summed E-state index contributed by atoms with van der Waals surface area (Å²) in [7, 11) is 0. The molecule has 0 spiro atoms. The first kappa shape index (κ1) is 19.9. The average molecular weight is 385 g/mol. The SMILES string of the molecule is Cc1ccc([C@H](C)NC(=O)[C@@H]2CCCN(Cc3ccccc3Cl)C2)cc1C. The van der Waals surface area contributed by atoms with Gasteiger partial charge in [-0.15, -0.1) is 0 Å². The molecule has 1 N–H and O–H groups in total. The number of nitrogens with one attached hydrogen (secondary N) is 1. The molecule has 144 valence electrons. The average Bonchev–Trinajstić information content (AvgIpc) is 2.66. The summed E-state index contributed by atoms with van der Waals surface area (Å²) in [4.78, 5) is 15.2. The lowest BCUT2D eigenvalue weighted by Gasteiger charge is -2.33. The van der Waals surface area contributed by atoms with E-state index in [9.17, 15) is 4.79 Å². The molecule has 3 rings (SSSR count). The van der Waals surface area contributed by atoms with Crippen molar-refractivity contribution in [2.24, 2.45) is 5.92 Å². The molecule has 2 atom stereocenters. The zero-order valence-electron chi connectivity index (χ0n) is 16.5. The summed E-state index contributed by atoms with van der Waals surface area (Å²) in [6.07, 6.45) is 1.99. The van der Waals surface area contributed by atoms with E-state index in [1.54, 1.807) is 0 Å². The Balaban J connectivity index is 1.59. The van der Waals surface area contributed by atoms with E-state index in [1.807, 2.05) is 18.2 Å². The van der Waals surface area contributed by atoms with E-state index >= 15 is 0 Å². The lowest BCUT2D eigenvalue weighted by molar-refractivity contribution is -0.127. The summed E-state index contributed by atoms with van der Waals surface area (Å²) in [5.41, 5.74) is 4.83. The fraction of sp³-hybridized carbons (Fsp3) is 0.435. The van der Waals surface area contributed by atoms with Crippen molar-refractivity contribution in [2.75, 3.05) is 13.1 Å². The maximum Gasteiger partial charge on any atom is 0.224 e. The maximum atomic E-state index is 12.8. The van der Waals surface area contributed by atoms with Crippen LogP contribution in [-0.4, -0.2) is 23.9 Å². The number of rotatable bonds is 5. The Labute approximate surface area is 167 Å². The van der Waals surface area contributed by atoms with Gasteiger partial charge in [-0.1, -0.05) is 48.0 Å². The summed E-state index contributed by atoms with van der Waals surface area (Å²) in [5, 5.41) is 4.02. The lowest BCUT2D eigenvalue weighted by atomic mass is 9.95. The standard InChI is InChI=1S/C23H29ClN2O/c1-16-10-11-19(13-17(16)2)18(3)25-23(27)21-8-6-12-26(15-21)14-20-7-4-5-9-22(20)24/h4-5,7,9-11,13,18,21H,6,8,12,14-15H2,1-3H3,(H,25,27)/t18-,21+/m0/s1. The first-order chi connectivity index (χ1) is 12.9. The molecule has 2 aromatic rings. The van der Waals surface area contributed by atoms with Crippen molar-refractivity contribution in [3.63, 3.8) is 0 Å². The topological polar surface area (TPSA) is 32.3 Å². The number of hydrogen-bond donors (Lipinski definition) is 1. The van der Waals surface area contributed by atoms with Crippen LogP contribution in [0.3, 0.4) is 0 Å². The Bertz CT molecular complexity index is 805. The highest BCUT2D eigenvalue weighted by molar-refractivity contribution is 6.31. The van der Waals surface area contributed by atoms with Gasteiger partial charge >= 0.3 is 0 Å². The number of nitrogens with zero attached hydrogens (tertiary/aromatic N) is 1. The fourth-order valence-electron chi connectivity index (χ4n) is 3.73. The molecule has 0 unspecified atom stereocenters. The molecule has 1 fully saturated rings. The Morgan fingerprint density at radius 1 is 1.22 bits per heavy atom. The first-order valence-electron chi connectivity index (χ1n) is 9.77. The van der Waals surface area contributed by atoms with E-state index in [2.05, 4.69) is 55.3 Å². The third kappa shape index (κ3) is 5.12. The van der Waals surface area contributed by atoms with E-state index in [0.717, 1.165) is 48.6 Å². The van der Waals surface area contributed by atoms with Crippen LogP contribution in [0.5, 0.6) is 0 Å². The van der Waals surface area contributed by atoms with Crippen LogP contribution in [-0.2, 0) is 11.3 Å². The lowest BCUT2D eigenvalue weighted by Crippen LogP contribution is -2.43. The molecule has 2 aromatic carbocycles. The summed E-state index contributed by atoms with van der Waals surface area (Å²) in [6.45, 7) is 8.89. The van der Waals surface area contributed by atoms with E-state index < -0.39 is 0 Å². The van der Waals surface area contributed by atoms with Crippen LogP contribution in [0, 0.1) is 19.8 Å². The Kier molecular flexibility index (Phi) is 6.56. The number of halogens is 1. The third-order valence-corrected chi connectivity index (χ3v) is 5.99. The normalized spacial score (nSPS) is 18.9. The zero-order chi connectivity index (χ0) is 19.4. The van der Waals surface area contributed by atoms with Crippen LogP contribution in [0.15, 0.2) is 42.5 Å². The van der Waals surface area contributed by atoms with Crippen molar-refractivity contribution in [1.82, 2.24) is 10.2 Å². The summed E-state index contributed by atoms with van der Waals surface area (Å²) >= 11 is 6.30. The number of carbonyl (C=O) groups is 1. The number of likely N-dealkylation sites (tertiary alicyclic amines) is 1. The van der Waals surface area contributed by atoms with E-state index in [0.29, 0.717) is 0 Å². The number of carbonyl (C=O) groups excluding carboxylic acids is 1. The molecule has 4 heteroatoms. The number of hydrogen-bond acceptors (Lipinski definition) is 2. The smallest absolute Gasteiger partial charge is 0.224 e. The van der Waals surface area contributed by atoms with Crippen LogP contribution in [0.25, 0.3) is 0 Å². The highest BCUT2D eigenvalue weighted by Gasteiger charge is 2.27. The highest BCUT2D eigenvalue weighted by atomic mass is 35.5. The van der Waals surface area contributed by atoms with Gasteiger partial charge in [0.15, 0.2) is 0 Å². The van der Waals surface area contributed by atoms with Gasteiger partial charge in [-0.2, -0.15) is 0 Å². The predicted octanol–water partition coefficient (Wildman–Crippen LogP) is 5.05. The molecule has 0 aromatic heterocycles. The molecule has 0 aliphatic carbocycles. The minimum atomic E-state index is 0.0238. The van der Waals surface area contributed by atoms with Gasteiger partial charge in [0, 0.05) is 18.1 Å². The number of aryl methyl sites for hydroxylation is 2. The molecular formula is C23H29ClN2O. The van der Waals surface area contributed by atoms with Gasteiger partial charge in [-0.3, -0.25) is 9.69 Å². The van der Waals surface area contributed by atoms with Crippen molar-refractivity contribution >= 4 is 17.5 Å².